The van der Waals surface area contributed by atoms with Crippen molar-refractivity contribution >= 4 is 16.9 Å². The van der Waals surface area contributed by atoms with Gasteiger partial charge in [-0.15, -0.1) is 0 Å². The van der Waals surface area contributed by atoms with Gasteiger partial charge in [-0.1, -0.05) is 11.6 Å². The summed E-state index contributed by atoms with van der Waals surface area (Å²) in [5.41, 5.74) is 1.95. The number of likely N-dealkylation sites (tertiary alicyclic amines) is 1. The van der Waals surface area contributed by atoms with Gasteiger partial charge in [0.2, 0.25) is 0 Å². The van der Waals surface area contributed by atoms with Crippen LogP contribution in [-0.4, -0.2) is 37.0 Å². The molecule has 1 amide bonds. The van der Waals surface area contributed by atoms with E-state index >= 15 is 0 Å². The number of likely N-dealkylation sites (N-methyl/N-ethyl adjacent to an activating group) is 1. The number of hydrogen-bond acceptors (Lipinski definition) is 3. The van der Waals surface area contributed by atoms with Crippen molar-refractivity contribution in [2.75, 3.05) is 20.1 Å². The third-order valence-corrected chi connectivity index (χ3v) is 4.00. The lowest BCUT2D eigenvalue weighted by Gasteiger charge is -2.31. The summed E-state index contributed by atoms with van der Waals surface area (Å²) < 4.78 is 5.70. The maximum Gasteiger partial charge on any atom is 0.289 e. The zero-order valence-electron chi connectivity index (χ0n) is 12.0. The number of hydrogen-bond donors (Lipinski definition) is 1. The van der Waals surface area contributed by atoms with Gasteiger partial charge >= 0.3 is 0 Å². The number of carbonyl (C=O) groups is 1. The Morgan fingerprint density at radius 3 is 3.05 bits per heavy atom. The Kier molecular flexibility index (Phi) is 3.49. The average molecular weight is 272 g/mol. The highest BCUT2D eigenvalue weighted by atomic mass is 16.3. The molecule has 1 aromatic heterocycles. The van der Waals surface area contributed by atoms with Crippen molar-refractivity contribution in [3.63, 3.8) is 0 Å². The molecular weight excluding hydrogens is 252 g/mol. The number of aryl methyl sites for hydroxylation is 1. The van der Waals surface area contributed by atoms with E-state index in [0.717, 1.165) is 36.9 Å². The van der Waals surface area contributed by atoms with Crippen LogP contribution in [0.1, 0.15) is 29.0 Å². The van der Waals surface area contributed by atoms with Crippen LogP contribution in [0.3, 0.4) is 0 Å². The molecule has 0 bridgehead atoms. The van der Waals surface area contributed by atoms with Crippen molar-refractivity contribution in [2.24, 2.45) is 0 Å². The molecule has 4 heteroatoms. The summed E-state index contributed by atoms with van der Waals surface area (Å²) in [7, 11) is 1.95. The van der Waals surface area contributed by atoms with Crippen LogP contribution in [0, 0.1) is 6.92 Å². The number of furan rings is 1. The van der Waals surface area contributed by atoms with Crippen molar-refractivity contribution in [3.8, 4) is 0 Å². The monoisotopic (exact) mass is 272 g/mol. The number of nitrogens with zero attached hydrogens (tertiary/aromatic N) is 1. The molecule has 106 valence electrons. The van der Waals surface area contributed by atoms with E-state index in [4.69, 9.17) is 4.42 Å². The van der Waals surface area contributed by atoms with Gasteiger partial charge in [-0.3, -0.25) is 4.79 Å². The summed E-state index contributed by atoms with van der Waals surface area (Å²) in [6, 6.07) is 8.21. The molecule has 4 nitrogen and oxygen atoms in total. The average Bonchev–Trinajstić information content (AvgIpc) is 2.89. The van der Waals surface area contributed by atoms with Crippen molar-refractivity contribution in [1.82, 2.24) is 10.2 Å². The molecule has 1 unspecified atom stereocenters. The van der Waals surface area contributed by atoms with Gasteiger partial charge in [-0.25, -0.2) is 0 Å². The van der Waals surface area contributed by atoms with Crippen LogP contribution in [-0.2, 0) is 0 Å². The lowest BCUT2D eigenvalue weighted by molar-refractivity contribution is 0.0668. The van der Waals surface area contributed by atoms with Gasteiger partial charge in [0.1, 0.15) is 5.58 Å². The van der Waals surface area contributed by atoms with E-state index in [-0.39, 0.29) is 5.91 Å². The first-order chi connectivity index (χ1) is 9.67. The van der Waals surface area contributed by atoms with Crippen LogP contribution < -0.4 is 5.32 Å². The maximum absolute atomic E-state index is 12.5. The zero-order valence-corrected chi connectivity index (χ0v) is 12.0. The Bertz CT molecular complexity index is 632. The summed E-state index contributed by atoms with van der Waals surface area (Å²) in [5.74, 6) is 0.446. The van der Waals surface area contributed by atoms with E-state index in [2.05, 4.69) is 5.32 Å². The molecule has 0 aliphatic carbocycles. The van der Waals surface area contributed by atoms with Crippen molar-refractivity contribution in [2.45, 2.75) is 25.8 Å². The molecule has 0 radical (unpaired) electrons. The predicted octanol–water partition coefficient (Wildman–Crippen LogP) is 2.57. The first-order valence-corrected chi connectivity index (χ1v) is 7.14. The second-order valence-electron chi connectivity index (χ2n) is 5.53. The Morgan fingerprint density at radius 1 is 1.40 bits per heavy atom. The summed E-state index contributed by atoms with van der Waals surface area (Å²) in [4.78, 5) is 14.4. The summed E-state index contributed by atoms with van der Waals surface area (Å²) in [6.07, 6.45) is 2.16. The molecule has 1 aliphatic rings. The zero-order chi connectivity index (χ0) is 14.1. The number of fused-ring (bicyclic) bond motifs is 1. The standard InChI is InChI=1S/C16H20N2O2/c1-11-5-6-14-12(8-11)9-15(20-14)16(19)18-7-3-4-13(10-18)17-2/h5-6,8-9,13,17H,3-4,7,10H2,1-2H3. The molecule has 20 heavy (non-hydrogen) atoms. The molecule has 0 saturated carbocycles. The first kappa shape index (κ1) is 13.2. The van der Waals surface area contributed by atoms with Gasteiger partial charge in [0.15, 0.2) is 5.76 Å². The van der Waals surface area contributed by atoms with Crippen molar-refractivity contribution < 1.29 is 9.21 Å². The molecule has 1 atom stereocenters. The third kappa shape index (κ3) is 2.43. The molecule has 1 aliphatic heterocycles. The Hall–Kier alpha value is -1.81. The fourth-order valence-corrected chi connectivity index (χ4v) is 2.82. The lowest BCUT2D eigenvalue weighted by Crippen LogP contribution is -2.46. The molecular formula is C16H20N2O2. The van der Waals surface area contributed by atoms with Crippen LogP contribution in [0.4, 0.5) is 0 Å². The number of nitrogens with one attached hydrogen (secondary N) is 1. The number of piperidine rings is 1. The number of rotatable bonds is 2. The molecule has 0 spiro atoms. The van der Waals surface area contributed by atoms with Crippen molar-refractivity contribution in [1.29, 1.82) is 0 Å². The van der Waals surface area contributed by atoms with Crippen LogP contribution in [0.15, 0.2) is 28.7 Å². The van der Waals surface area contributed by atoms with Crippen LogP contribution in [0.25, 0.3) is 11.0 Å². The molecule has 3 rings (SSSR count). The van der Waals surface area contributed by atoms with E-state index in [1.165, 1.54) is 5.56 Å². The minimum absolute atomic E-state index is 0.00111. The highest BCUT2D eigenvalue weighted by molar-refractivity contribution is 5.96. The summed E-state index contributed by atoms with van der Waals surface area (Å²) >= 11 is 0. The van der Waals surface area contributed by atoms with E-state index < -0.39 is 0 Å². The van der Waals surface area contributed by atoms with Gasteiger partial charge in [0, 0.05) is 24.5 Å². The Balaban J connectivity index is 1.84. The molecule has 1 fully saturated rings. The van der Waals surface area contributed by atoms with E-state index in [1.54, 1.807) is 0 Å². The van der Waals surface area contributed by atoms with Crippen LogP contribution >= 0.6 is 0 Å². The Labute approximate surface area is 118 Å². The highest BCUT2D eigenvalue weighted by Crippen LogP contribution is 2.22. The summed E-state index contributed by atoms with van der Waals surface area (Å²) in [5, 5.41) is 4.25. The second kappa shape index (κ2) is 5.29. The smallest absolute Gasteiger partial charge is 0.289 e. The van der Waals surface area contributed by atoms with E-state index in [0.29, 0.717) is 11.8 Å². The van der Waals surface area contributed by atoms with E-state index in [1.807, 2.05) is 43.1 Å². The fraction of sp³-hybridized carbons (Fsp3) is 0.438. The van der Waals surface area contributed by atoms with Gasteiger partial charge in [-0.2, -0.15) is 0 Å². The predicted molar refractivity (Wildman–Crippen MR) is 78.9 cm³/mol. The lowest BCUT2D eigenvalue weighted by atomic mass is 10.1. The minimum Gasteiger partial charge on any atom is -0.451 e. The summed E-state index contributed by atoms with van der Waals surface area (Å²) in [6.45, 7) is 3.61. The Morgan fingerprint density at radius 2 is 2.25 bits per heavy atom. The first-order valence-electron chi connectivity index (χ1n) is 7.14. The third-order valence-electron chi connectivity index (χ3n) is 4.00. The molecule has 1 saturated heterocycles. The van der Waals surface area contributed by atoms with E-state index in [9.17, 15) is 4.79 Å². The molecule has 2 heterocycles. The fourth-order valence-electron chi connectivity index (χ4n) is 2.82. The van der Waals surface area contributed by atoms with Crippen LogP contribution in [0.5, 0.6) is 0 Å². The van der Waals surface area contributed by atoms with Crippen molar-refractivity contribution in [3.05, 3.63) is 35.6 Å². The molecule has 1 N–H and O–H groups in total. The molecule has 1 aromatic carbocycles. The van der Waals surface area contributed by atoms with Crippen LogP contribution in [0.2, 0.25) is 0 Å². The highest BCUT2D eigenvalue weighted by Gasteiger charge is 2.25. The van der Waals surface area contributed by atoms with Gasteiger partial charge in [0.25, 0.3) is 5.91 Å². The minimum atomic E-state index is -0.00111. The molecule has 2 aromatic rings. The SMILES string of the molecule is CNC1CCCN(C(=O)c2cc3cc(C)ccc3o2)C1. The van der Waals surface area contributed by atoms with Gasteiger partial charge in [0.05, 0.1) is 0 Å². The number of carbonyl (C=O) groups excluding carboxylic acids is 1. The van der Waals surface area contributed by atoms with Gasteiger partial charge in [-0.05, 0) is 45.0 Å². The topological polar surface area (TPSA) is 45.5 Å². The van der Waals surface area contributed by atoms with Gasteiger partial charge < -0.3 is 14.6 Å². The second-order valence-corrected chi connectivity index (χ2v) is 5.53. The largest absolute Gasteiger partial charge is 0.451 e. The maximum atomic E-state index is 12.5. The number of benzene rings is 1. The quantitative estimate of drug-likeness (QED) is 0.914. The normalized spacial score (nSPS) is 19.5. The number of amides is 1.